The summed E-state index contributed by atoms with van der Waals surface area (Å²) in [6.45, 7) is 1.66. The summed E-state index contributed by atoms with van der Waals surface area (Å²) in [6.07, 6.45) is 6.98. The minimum absolute atomic E-state index is 0.0120. The summed E-state index contributed by atoms with van der Waals surface area (Å²) in [5.41, 5.74) is 0.514. The highest BCUT2D eigenvalue weighted by atomic mass is 19.1. The number of carbonyl (C=O) groups excluding carboxylic acids is 1. The Labute approximate surface area is 164 Å². The Kier molecular flexibility index (Phi) is 5.59. The maximum absolute atomic E-state index is 14.4. The largest absolute Gasteiger partial charge is 0.494 e. The molecule has 1 fully saturated rings. The van der Waals surface area contributed by atoms with E-state index >= 15 is 0 Å². The average molecular weight is 386 g/mol. The normalized spacial score (nSPS) is 19.4. The zero-order valence-corrected chi connectivity index (χ0v) is 16.4. The Balaban J connectivity index is 1.47. The third kappa shape index (κ3) is 3.62. The number of fused-ring (bicyclic) bond motifs is 1. The lowest BCUT2D eigenvalue weighted by molar-refractivity contribution is -0.132. The number of carbonyl (C=O) groups is 1. The summed E-state index contributed by atoms with van der Waals surface area (Å²) in [4.78, 5) is 14.9. The first kappa shape index (κ1) is 18.9. The molecule has 2 aliphatic rings. The van der Waals surface area contributed by atoms with Crippen LogP contribution in [0.4, 0.5) is 4.39 Å². The molecule has 3 heterocycles. The Hall–Kier alpha value is -2.44. The third-order valence-electron chi connectivity index (χ3n) is 5.88. The first-order chi connectivity index (χ1) is 13.7. The molecule has 1 aromatic carbocycles. The molecule has 4 rings (SSSR count). The van der Waals surface area contributed by atoms with Gasteiger partial charge in [-0.1, -0.05) is 18.6 Å². The first-order valence-corrected chi connectivity index (χ1v) is 10.2. The molecule has 0 N–H and O–H groups in total. The van der Waals surface area contributed by atoms with Crippen LogP contribution in [0.5, 0.6) is 5.75 Å². The molecular formula is C21H27FN4O2. The standard InChI is InChI=1S/C21H27FN4O2/c1-28-17-9-5-7-15(20(17)22)11-12-19(27)25-14-6-8-16(25)21-24-23-18-10-3-2-4-13-26(18)21/h5,7,9,16H,2-4,6,8,10-14H2,1H3. The number of hydrogen-bond acceptors (Lipinski definition) is 4. The summed E-state index contributed by atoms with van der Waals surface area (Å²) in [6, 6.07) is 5.05. The minimum Gasteiger partial charge on any atom is -0.494 e. The summed E-state index contributed by atoms with van der Waals surface area (Å²) in [5.74, 6) is 1.87. The van der Waals surface area contributed by atoms with E-state index in [1.165, 1.54) is 13.5 Å². The van der Waals surface area contributed by atoms with E-state index in [9.17, 15) is 9.18 Å². The van der Waals surface area contributed by atoms with Gasteiger partial charge in [0.05, 0.1) is 13.2 Å². The van der Waals surface area contributed by atoms with Crippen molar-refractivity contribution >= 4 is 5.91 Å². The molecule has 28 heavy (non-hydrogen) atoms. The van der Waals surface area contributed by atoms with E-state index in [4.69, 9.17) is 4.74 Å². The van der Waals surface area contributed by atoms with Gasteiger partial charge in [0.25, 0.3) is 0 Å². The monoisotopic (exact) mass is 386 g/mol. The molecule has 0 spiro atoms. The number of nitrogens with zero attached hydrogens (tertiary/aromatic N) is 4. The SMILES string of the molecule is COc1cccc(CCC(=O)N2CCCC2c2nnc3n2CCCCC3)c1F. The van der Waals surface area contributed by atoms with Crippen molar-refractivity contribution in [3.8, 4) is 5.75 Å². The van der Waals surface area contributed by atoms with E-state index in [1.807, 2.05) is 4.90 Å². The van der Waals surface area contributed by atoms with Gasteiger partial charge in [0, 0.05) is 25.9 Å². The van der Waals surface area contributed by atoms with Crippen molar-refractivity contribution in [2.24, 2.45) is 0 Å². The van der Waals surface area contributed by atoms with Gasteiger partial charge < -0.3 is 14.2 Å². The van der Waals surface area contributed by atoms with Crippen molar-refractivity contribution in [3.05, 3.63) is 41.2 Å². The Morgan fingerprint density at radius 2 is 2.11 bits per heavy atom. The molecule has 1 aromatic heterocycles. The number of likely N-dealkylation sites (tertiary alicyclic amines) is 1. The van der Waals surface area contributed by atoms with Gasteiger partial charge in [0.1, 0.15) is 5.82 Å². The predicted octanol–water partition coefficient (Wildman–Crippen LogP) is 3.45. The van der Waals surface area contributed by atoms with Crippen molar-refractivity contribution in [2.75, 3.05) is 13.7 Å². The van der Waals surface area contributed by atoms with Crippen LogP contribution in [0.2, 0.25) is 0 Å². The van der Waals surface area contributed by atoms with Crippen LogP contribution in [0.1, 0.15) is 61.8 Å². The first-order valence-electron chi connectivity index (χ1n) is 10.2. The Morgan fingerprint density at radius 3 is 2.96 bits per heavy atom. The summed E-state index contributed by atoms with van der Waals surface area (Å²) < 4.78 is 21.6. The molecule has 1 atom stereocenters. The van der Waals surface area contributed by atoms with E-state index in [2.05, 4.69) is 14.8 Å². The van der Waals surface area contributed by atoms with Gasteiger partial charge in [0.2, 0.25) is 5.91 Å². The van der Waals surface area contributed by atoms with Gasteiger partial charge in [-0.15, -0.1) is 10.2 Å². The van der Waals surface area contributed by atoms with E-state index in [1.54, 1.807) is 18.2 Å². The predicted molar refractivity (Wildman–Crippen MR) is 103 cm³/mol. The molecule has 1 unspecified atom stereocenters. The number of benzene rings is 1. The number of aryl methyl sites for hydroxylation is 2. The van der Waals surface area contributed by atoms with Gasteiger partial charge in [-0.25, -0.2) is 4.39 Å². The van der Waals surface area contributed by atoms with Crippen molar-refractivity contribution < 1.29 is 13.9 Å². The molecule has 0 saturated carbocycles. The van der Waals surface area contributed by atoms with E-state index in [0.717, 1.165) is 56.8 Å². The fourth-order valence-electron chi connectivity index (χ4n) is 4.38. The summed E-state index contributed by atoms with van der Waals surface area (Å²) in [7, 11) is 1.45. The Morgan fingerprint density at radius 1 is 1.21 bits per heavy atom. The molecule has 1 amide bonds. The molecule has 2 aromatic rings. The number of ether oxygens (including phenoxy) is 1. The van der Waals surface area contributed by atoms with E-state index < -0.39 is 0 Å². The fraction of sp³-hybridized carbons (Fsp3) is 0.571. The van der Waals surface area contributed by atoms with Crippen molar-refractivity contribution in [1.29, 1.82) is 0 Å². The highest BCUT2D eigenvalue weighted by Gasteiger charge is 2.34. The quantitative estimate of drug-likeness (QED) is 0.790. The minimum atomic E-state index is -0.376. The van der Waals surface area contributed by atoms with Crippen LogP contribution in [-0.4, -0.2) is 39.2 Å². The number of halogens is 1. The van der Waals surface area contributed by atoms with Crippen LogP contribution >= 0.6 is 0 Å². The lowest BCUT2D eigenvalue weighted by Crippen LogP contribution is -2.32. The topological polar surface area (TPSA) is 60.2 Å². The van der Waals surface area contributed by atoms with Gasteiger partial charge in [0.15, 0.2) is 17.4 Å². The zero-order valence-electron chi connectivity index (χ0n) is 16.4. The van der Waals surface area contributed by atoms with Crippen molar-refractivity contribution in [2.45, 2.75) is 64.0 Å². The van der Waals surface area contributed by atoms with Gasteiger partial charge in [-0.3, -0.25) is 4.79 Å². The zero-order chi connectivity index (χ0) is 19.5. The van der Waals surface area contributed by atoms with Crippen LogP contribution < -0.4 is 4.74 Å². The second kappa shape index (κ2) is 8.29. The molecule has 2 aliphatic heterocycles. The van der Waals surface area contributed by atoms with Crippen LogP contribution in [-0.2, 0) is 24.2 Å². The number of rotatable bonds is 5. The lowest BCUT2D eigenvalue weighted by Gasteiger charge is -2.25. The lowest BCUT2D eigenvalue weighted by atomic mass is 10.1. The molecule has 0 radical (unpaired) electrons. The van der Waals surface area contributed by atoms with Crippen LogP contribution in [0.15, 0.2) is 18.2 Å². The molecule has 6 nitrogen and oxygen atoms in total. The third-order valence-corrected chi connectivity index (χ3v) is 5.88. The fourth-order valence-corrected chi connectivity index (χ4v) is 4.38. The Bertz CT molecular complexity index is 851. The smallest absolute Gasteiger partial charge is 0.223 e. The van der Waals surface area contributed by atoms with Crippen LogP contribution in [0.25, 0.3) is 0 Å². The average Bonchev–Trinajstić information content (AvgIpc) is 3.28. The van der Waals surface area contributed by atoms with Crippen molar-refractivity contribution in [1.82, 2.24) is 19.7 Å². The molecule has 7 heteroatoms. The van der Waals surface area contributed by atoms with Gasteiger partial charge in [-0.2, -0.15) is 0 Å². The van der Waals surface area contributed by atoms with E-state index in [0.29, 0.717) is 12.0 Å². The summed E-state index contributed by atoms with van der Waals surface area (Å²) in [5, 5.41) is 8.84. The maximum atomic E-state index is 14.4. The number of hydrogen-bond donors (Lipinski definition) is 0. The number of methoxy groups -OCH3 is 1. The molecule has 150 valence electrons. The number of amides is 1. The van der Waals surface area contributed by atoms with E-state index in [-0.39, 0.29) is 29.9 Å². The highest BCUT2D eigenvalue weighted by molar-refractivity contribution is 5.77. The molecule has 1 saturated heterocycles. The van der Waals surface area contributed by atoms with Gasteiger partial charge >= 0.3 is 0 Å². The molecular weight excluding hydrogens is 359 g/mol. The maximum Gasteiger partial charge on any atom is 0.223 e. The second-order valence-electron chi connectivity index (χ2n) is 7.62. The molecule has 0 bridgehead atoms. The summed E-state index contributed by atoms with van der Waals surface area (Å²) >= 11 is 0. The van der Waals surface area contributed by atoms with Crippen LogP contribution in [0, 0.1) is 5.82 Å². The van der Waals surface area contributed by atoms with Gasteiger partial charge in [-0.05, 0) is 43.7 Å². The van der Waals surface area contributed by atoms with Crippen molar-refractivity contribution in [3.63, 3.8) is 0 Å². The highest BCUT2D eigenvalue weighted by Crippen LogP contribution is 2.33. The van der Waals surface area contributed by atoms with Crippen LogP contribution in [0.3, 0.4) is 0 Å². The molecule has 0 aliphatic carbocycles. The number of aromatic nitrogens is 3. The second-order valence-corrected chi connectivity index (χ2v) is 7.62.